The van der Waals surface area contributed by atoms with Crippen LogP contribution in [0.3, 0.4) is 0 Å². The minimum Gasteiger partial charge on any atom is -0.479 e. The molecule has 1 N–H and O–H groups in total. The number of hydrogen-bond donors (Lipinski definition) is 1. The van der Waals surface area contributed by atoms with Gasteiger partial charge in [0, 0.05) is 17.7 Å². The van der Waals surface area contributed by atoms with Crippen molar-refractivity contribution in [3.63, 3.8) is 0 Å². The van der Waals surface area contributed by atoms with Crippen molar-refractivity contribution in [1.82, 2.24) is 0 Å². The Kier molecular flexibility index (Phi) is 6.14. The van der Waals surface area contributed by atoms with E-state index in [1.165, 1.54) is 0 Å². The quantitative estimate of drug-likeness (QED) is 0.700. The Morgan fingerprint density at radius 1 is 1.14 bits per heavy atom. The fraction of sp³-hybridized carbons (Fsp3) is 0.304. The molecule has 146 valence electrons. The number of carbonyl (C=O) groups is 2. The first-order chi connectivity index (χ1) is 13.5. The molecule has 0 aliphatic carbocycles. The Labute approximate surface area is 165 Å². The lowest BCUT2D eigenvalue weighted by molar-refractivity contribution is -0.116. The number of rotatable bonds is 7. The van der Waals surface area contributed by atoms with E-state index in [1.807, 2.05) is 43.3 Å². The average molecular weight is 379 g/mol. The van der Waals surface area contributed by atoms with Crippen molar-refractivity contribution in [1.29, 1.82) is 0 Å². The molecular formula is C23H25NO4. The van der Waals surface area contributed by atoms with Gasteiger partial charge in [-0.25, -0.2) is 4.79 Å². The van der Waals surface area contributed by atoms with Gasteiger partial charge in [0.05, 0.1) is 5.56 Å². The number of carbonyl (C=O) groups excluding carboxylic acids is 2. The first-order valence-corrected chi connectivity index (χ1v) is 9.53. The zero-order chi connectivity index (χ0) is 20.0. The van der Waals surface area contributed by atoms with Crippen LogP contribution in [0.15, 0.2) is 54.6 Å². The lowest BCUT2D eigenvalue weighted by Crippen LogP contribution is -2.38. The molecule has 1 heterocycles. The topological polar surface area (TPSA) is 64.6 Å². The third kappa shape index (κ3) is 5.00. The van der Waals surface area contributed by atoms with E-state index in [0.29, 0.717) is 17.7 Å². The predicted octanol–water partition coefficient (Wildman–Crippen LogP) is 4.84. The lowest BCUT2D eigenvalue weighted by atomic mass is 10.0. The van der Waals surface area contributed by atoms with Gasteiger partial charge >= 0.3 is 5.97 Å². The number of benzene rings is 2. The number of ether oxygens (including phenoxy) is 2. The van der Waals surface area contributed by atoms with Gasteiger partial charge in [0.1, 0.15) is 12.4 Å². The van der Waals surface area contributed by atoms with Crippen LogP contribution in [0.25, 0.3) is 6.08 Å². The highest BCUT2D eigenvalue weighted by molar-refractivity contribution is 5.91. The van der Waals surface area contributed by atoms with Crippen molar-refractivity contribution >= 4 is 23.6 Å². The highest BCUT2D eigenvalue weighted by Gasteiger charge is 2.29. The summed E-state index contributed by atoms with van der Waals surface area (Å²) in [5, 5.41) is 2.91. The van der Waals surface area contributed by atoms with Crippen LogP contribution in [-0.2, 0) is 9.53 Å². The van der Waals surface area contributed by atoms with Gasteiger partial charge in [0.2, 0.25) is 5.91 Å². The van der Waals surface area contributed by atoms with Crippen molar-refractivity contribution in [2.75, 3.05) is 11.9 Å². The van der Waals surface area contributed by atoms with Gasteiger partial charge < -0.3 is 14.8 Å². The van der Waals surface area contributed by atoms with E-state index in [2.05, 4.69) is 12.2 Å². The maximum Gasteiger partial charge on any atom is 0.338 e. The second kappa shape index (κ2) is 8.74. The molecule has 0 radical (unpaired) electrons. The zero-order valence-corrected chi connectivity index (χ0v) is 16.2. The molecule has 28 heavy (non-hydrogen) atoms. The molecule has 0 spiro atoms. The molecule has 2 aromatic rings. The van der Waals surface area contributed by atoms with Crippen LogP contribution in [-0.4, -0.2) is 24.1 Å². The second-order valence-corrected chi connectivity index (χ2v) is 7.09. The van der Waals surface area contributed by atoms with Crippen LogP contribution in [0, 0.1) is 0 Å². The molecule has 5 heteroatoms. The van der Waals surface area contributed by atoms with E-state index in [0.717, 1.165) is 24.1 Å². The van der Waals surface area contributed by atoms with Crippen molar-refractivity contribution < 1.29 is 19.1 Å². The number of unbranched alkanes of at least 4 members (excludes halogenated alkanes) is 1. The molecule has 0 bridgehead atoms. The first-order valence-electron chi connectivity index (χ1n) is 9.53. The molecule has 2 aromatic carbocycles. The number of esters is 1. The molecule has 1 aliphatic heterocycles. The maximum absolute atomic E-state index is 12.2. The van der Waals surface area contributed by atoms with E-state index in [1.54, 1.807) is 24.3 Å². The maximum atomic E-state index is 12.2. The Balaban J connectivity index is 1.61. The molecule has 0 fully saturated rings. The summed E-state index contributed by atoms with van der Waals surface area (Å²) in [4.78, 5) is 24.1. The molecule has 5 nitrogen and oxygen atoms in total. The third-order valence-electron chi connectivity index (χ3n) is 4.51. The number of anilines is 1. The summed E-state index contributed by atoms with van der Waals surface area (Å²) in [7, 11) is 0. The number of fused-ring (bicyclic) bond motifs is 1. The third-order valence-corrected chi connectivity index (χ3v) is 4.51. The highest BCUT2D eigenvalue weighted by Crippen LogP contribution is 2.33. The standard InChI is InChI=1S/C23H25NO4/c1-3-4-10-21(25)24-19-11-12-20-18(15-19)13-14-23(2,28-20)16-27-22(26)17-8-6-5-7-9-17/h5-9,11-15H,3-4,10,16H2,1-2H3,(H,24,25). The van der Waals surface area contributed by atoms with Crippen LogP contribution in [0.1, 0.15) is 49.0 Å². The van der Waals surface area contributed by atoms with Crippen LogP contribution in [0.5, 0.6) is 5.75 Å². The average Bonchev–Trinajstić information content (AvgIpc) is 2.71. The molecule has 0 aromatic heterocycles. The molecule has 1 unspecified atom stereocenters. The summed E-state index contributed by atoms with van der Waals surface area (Å²) >= 11 is 0. The van der Waals surface area contributed by atoms with Gasteiger partial charge in [-0.3, -0.25) is 4.79 Å². The minimum atomic E-state index is -0.747. The molecule has 1 aliphatic rings. The lowest BCUT2D eigenvalue weighted by Gasteiger charge is -2.31. The van der Waals surface area contributed by atoms with Crippen molar-refractivity contribution in [2.45, 2.75) is 38.7 Å². The number of hydrogen-bond acceptors (Lipinski definition) is 4. The fourth-order valence-electron chi connectivity index (χ4n) is 2.91. The molecule has 0 saturated carbocycles. The summed E-state index contributed by atoms with van der Waals surface area (Å²) in [5.41, 5.74) is 1.38. The summed E-state index contributed by atoms with van der Waals surface area (Å²) in [6, 6.07) is 14.4. The predicted molar refractivity (Wildman–Crippen MR) is 109 cm³/mol. The largest absolute Gasteiger partial charge is 0.479 e. The van der Waals surface area contributed by atoms with Gasteiger partial charge in [-0.15, -0.1) is 0 Å². The highest BCUT2D eigenvalue weighted by atomic mass is 16.6. The summed E-state index contributed by atoms with van der Waals surface area (Å²) in [6.45, 7) is 4.03. The molecule has 1 amide bonds. The van der Waals surface area contributed by atoms with E-state index in [4.69, 9.17) is 9.47 Å². The minimum absolute atomic E-state index is 0.0140. The van der Waals surface area contributed by atoms with Crippen LogP contribution >= 0.6 is 0 Å². The summed E-state index contributed by atoms with van der Waals surface area (Å²) < 4.78 is 11.5. The Morgan fingerprint density at radius 3 is 2.68 bits per heavy atom. The monoisotopic (exact) mass is 379 g/mol. The van der Waals surface area contributed by atoms with Crippen molar-refractivity contribution in [3.8, 4) is 5.75 Å². The van der Waals surface area contributed by atoms with Crippen molar-refractivity contribution in [3.05, 3.63) is 65.7 Å². The van der Waals surface area contributed by atoms with E-state index in [-0.39, 0.29) is 18.5 Å². The van der Waals surface area contributed by atoms with Gasteiger partial charge in [0.25, 0.3) is 0 Å². The smallest absolute Gasteiger partial charge is 0.338 e. The normalized spacial score (nSPS) is 17.4. The molecule has 1 atom stereocenters. The Morgan fingerprint density at radius 2 is 1.93 bits per heavy atom. The van der Waals surface area contributed by atoms with E-state index >= 15 is 0 Å². The second-order valence-electron chi connectivity index (χ2n) is 7.09. The molecule has 0 saturated heterocycles. The Bertz CT molecular complexity index is 875. The zero-order valence-electron chi connectivity index (χ0n) is 16.2. The van der Waals surface area contributed by atoms with E-state index in [9.17, 15) is 9.59 Å². The van der Waals surface area contributed by atoms with Gasteiger partial charge in [-0.05, 0) is 49.8 Å². The number of amides is 1. The molecule has 3 rings (SSSR count). The Hall–Kier alpha value is -3.08. The fourth-order valence-corrected chi connectivity index (χ4v) is 2.91. The van der Waals surface area contributed by atoms with Crippen LogP contribution in [0.2, 0.25) is 0 Å². The SMILES string of the molecule is CCCCC(=O)Nc1ccc2c(c1)C=CC(C)(COC(=O)c1ccccc1)O2. The van der Waals surface area contributed by atoms with Crippen LogP contribution in [0.4, 0.5) is 5.69 Å². The van der Waals surface area contributed by atoms with Crippen LogP contribution < -0.4 is 10.1 Å². The van der Waals surface area contributed by atoms with E-state index < -0.39 is 5.60 Å². The summed E-state index contributed by atoms with van der Waals surface area (Å²) in [5.74, 6) is 0.322. The van der Waals surface area contributed by atoms with Gasteiger partial charge in [-0.1, -0.05) is 37.6 Å². The number of nitrogens with one attached hydrogen (secondary N) is 1. The molecular weight excluding hydrogens is 354 g/mol. The summed E-state index contributed by atoms with van der Waals surface area (Å²) in [6.07, 6.45) is 6.18. The van der Waals surface area contributed by atoms with Gasteiger partial charge in [0.15, 0.2) is 5.60 Å². The first kappa shape index (κ1) is 19.7. The van der Waals surface area contributed by atoms with Gasteiger partial charge in [-0.2, -0.15) is 0 Å². The van der Waals surface area contributed by atoms with Crippen molar-refractivity contribution in [2.24, 2.45) is 0 Å².